The smallest absolute Gasteiger partial charge is 0.310 e. The molecule has 22 heavy (non-hydrogen) atoms. The molecule has 0 amide bonds. The van der Waals surface area contributed by atoms with Gasteiger partial charge < -0.3 is 15.6 Å². The minimum absolute atomic E-state index is 0.0357. The molecule has 2 rings (SSSR count). The van der Waals surface area contributed by atoms with Crippen molar-refractivity contribution in [1.82, 2.24) is 0 Å². The first-order valence-corrected chi connectivity index (χ1v) is 6.85. The molecular formula is C16H18N2O4. The zero-order chi connectivity index (χ0) is 16.2. The Balaban J connectivity index is 2.47. The second-order valence-corrected chi connectivity index (χ2v) is 5.05. The first-order valence-electron chi connectivity index (χ1n) is 6.85. The molecule has 0 saturated carbocycles. The van der Waals surface area contributed by atoms with E-state index in [1.165, 1.54) is 12.1 Å². The highest BCUT2D eigenvalue weighted by Gasteiger charge is 2.38. The summed E-state index contributed by atoms with van der Waals surface area (Å²) >= 11 is 0. The summed E-state index contributed by atoms with van der Waals surface area (Å²) in [6, 6.07) is 15.1. The molecule has 2 atom stereocenters. The number of nitrogens with zero attached hydrogens (tertiary/aromatic N) is 1. The molecule has 2 unspecified atom stereocenters. The Bertz CT molecular complexity index is 648. The van der Waals surface area contributed by atoms with Gasteiger partial charge in [-0.05, 0) is 18.6 Å². The summed E-state index contributed by atoms with van der Waals surface area (Å²) in [7, 11) is 0. The Labute approximate surface area is 128 Å². The number of nitro groups is 1. The molecule has 2 aromatic rings. The summed E-state index contributed by atoms with van der Waals surface area (Å²) in [5.41, 5.74) is 4.92. The first-order chi connectivity index (χ1) is 10.5. The molecule has 0 heterocycles. The lowest BCUT2D eigenvalue weighted by molar-refractivity contribution is -0.386. The topological polar surface area (TPSA) is 98.6 Å². The molecule has 0 fully saturated rings. The van der Waals surface area contributed by atoms with Crippen molar-refractivity contribution in [3.8, 4) is 5.75 Å². The van der Waals surface area contributed by atoms with E-state index in [1.54, 1.807) is 43.3 Å². The number of nitrogens with two attached hydrogens (primary N) is 1. The van der Waals surface area contributed by atoms with Crippen molar-refractivity contribution in [2.75, 3.05) is 6.54 Å². The number of hydrogen-bond donors (Lipinski definition) is 2. The summed E-state index contributed by atoms with van der Waals surface area (Å²) in [5, 5.41) is 21.4. The monoisotopic (exact) mass is 302 g/mol. The lowest BCUT2D eigenvalue weighted by atomic mass is 9.89. The fourth-order valence-electron chi connectivity index (χ4n) is 2.24. The average Bonchev–Trinajstić information content (AvgIpc) is 2.55. The van der Waals surface area contributed by atoms with Crippen molar-refractivity contribution in [2.45, 2.75) is 18.6 Å². The van der Waals surface area contributed by atoms with Crippen LogP contribution < -0.4 is 10.5 Å². The normalized spacial score (nSPS) is 14.9. The lowest BCUT2D eigenvalue weighted by Gasteiger charge is -2.34. The van der Waals surface area contributed by atoms with E-state index in [4.69, 9.17) is 10.5 Å². The van der Waals surface area contributed by atoms with Crippen LogP contribution in [-0.2, 0) is 5.60 Å². The van der Waals surface area contributed by atoms with E-state index in [9.17, 15) is 15.2 Å². The third kappa shape index (κ3) is 3.08. The van der Waals surface area contributed by atoms with Gasteiger partial charge in [0.05, 0.1) is 4.92 Å². The fraction of sp³-hybridized carbons (Fsp3) is 0.250. The third-order valence-electron chi connectivity index (χ3n) is 3.59. The van der Waals surface area contributed by atoms with Crippen LogP contribution >= 0.6 is 0 Å². The van der Waals surface area contributed by atoms with Crippen LogP contribution in [0, 0.1) is 10.1 Å². The van der Waals surface area contributed by atoms with Crippen LogP contribution in [0.4, 0.5) is 5.69 Å². The van der Waals surface area contributed by atoms with E-state index in [-0.39, 0.29) is 18.0 Å². The summed E-state index contributed by atoms with van der Waals surface area (Å²) in [6.07, 6.45) is -1.02. The average molecular weight is 302 g/mol. The van der Waals surface area contributed by atoms with Gasteiger partial charge in [0.25, 0.3) is 0 Å². The molecule has 3 N–H and O–H groups in total. The molecule has 0 aliphatic rings. The molecular weight excluding hydrogens is 284 g/mol. The standard InChI is InChI=1S/C16H18N2O4/c1-16(15(19)11-17,12-7-3-2-4-8-12)22-14-10-6-5-9-13(14)18(20)21/h2-10,15,19H,11,17H2,1H3. The number of aliphatic hydroxyl groups excluding tert-OH is 1. The second kappa shape index (κ2) is 6.55. The fourth-order valence-corrected chi connectivity index (χ4v) is 2.24. The molecule has 0 spiro atoms. The Kier molecular flexibility index (Phi) is 4.75. The Morgan fingerprint density at radius 1 is 1.23 bits per heavy atom. The van der Waals surface area contributed by atoms with Crippen LogP contribution in [0.2, 0.25) is 0 Å². The van der Waals surface area contributed by atoms with Crippen molar-refractivity contribution in [2.24, 2.45) is 5.73 Å². The Morgan fingerprint density at radius 3 is 2.41 bits per heavy atom. The summed E-state index contributed by atoms with van der Waals surface area (Å²) in [6.45, 7) is 1.63. The van der Waals surface area contributed by atoms with Crippen LogP contribution in [0.5, 0.6) is 5.75 Å². The summed E-state index contributed by atoms with van der Waals surface area (Å²) in [5.74, 6) is 0.0892. The van der Waals surface area contributed by atoms with Crippen LogP contribution in [0.15, 0.2) is 54.6 Å². The van der Waals surface area contributed by atoms with E-state index in [1.807, 2.05) is 6.07 Å². The number of nitro benzene ring substituents is 1. The zero-order valence-corrected chi connectivity index (χ0v) is 12.2. The van der Waals surface area contributed by atoms with Crippen molar-refractivity contribution < 1.29 is 14.8 Å². The maximum Gasteiger partial charge on any atom is 0.310 e. The summed E-state index contributed by atoms with van der Waals surface area (Å²) in [4.78, 5) is 10.6. The van der Waals surface area contributed by atoms with Gasteiger partial charge in [0, 0.05) is 12.6 Å². The first kappa shape index (κ1) is 15.9. The van der Waals surface area contributed by atoms with Gasteiger partial charge >= 0.3 is 5.69 Å². The largest absolute Gasteiger partial charge is 0.473 e. The molecule has 0 bridgehead atoms. The van der Waals surface area contributed by atoms with E-state index in [0.717, 1.165) is 0 Å². The number of benzene rings is 2. The molecule has 2 aromatic carbocycles. The van der Waals surface area contributed by atoms with Crippen LogP contribution in [0.3, 0.4) is 0 Å². The number of ether oxygens (including phenoxy) is 1. The number of aliphatic hydroxyl groups is 1. The molecule has 116 valence electrons. The summed E-state index contributed by atoms with van der Waals surface area (Å²) < 4.78 is 5.86. The van der Waals surface area contributed by atoms with Gasteiger partial charge in [-0.25, -0.2) is 0 Å². The molecule has 0 saturated heterocycles. The van der Waals surface area contributed by atoms with Gasteiger partial charge in [0.2, 0.25) is 0 Å². The van der Waals surface area contributed by atoms with Gasteiger partial charge in [-0.15, -0.1) is 0 Å². The lowest BCUT2D eigenvalue weighted by Crippen LogP contribution is -2.46. The quantitative estimate of drug-likeness (QED) is 0.629. The predicted molar refractivity (Wildman–Crippen MR) is 82.6 cm³/mol. The van der Waals surface area contributed by atoms with Crippen LogP contribution in [0.25, 0.3) is 0 Å². The minimum atomic E-state index is -1.19. The highest BCUT2D eigenvalue weighted by atomic mass is 16.6. The van der Waals surface area contributed by atoms with Crippen LogP contribution in [0.1, 0.15) is 12.5 Å². The maximum atomic E-state index is 11.1. The molecule has 0 radical (unpaired) electrons. The predicted octanol–water partition coefficient (Wildman–Crippen LogP) is 2.21. The molecule has 6 heteroatoms. The Hall–Kier alpha value is -2.44. The molecule has 0 aromatic heterocycles. The molecule has 0 aliphatic heterocycles. The van der Waals surface area contributed by atoms with Gasteiger partial charge in [0.15, 0.2) is 11.4 Å². The van der Waals surface area contributed by atoms with Gasteiger partial charge in [-0.3, -0.25) is 10.1 Å². The highest BCUT2D eigenvalue weighted by molar-refractivity contribution is 5.46. The van der Waals surface area contributed by atoms with Crippen LogP contribution in [-0.4, -0.2) is 22.7 Å². The Morgan fingerprint density at radius 2 is 1.82 bits per heavy atom. The number of para-hydroxylation sites is 2. The zero-order valence-electron chi connectivity index (χ0n) is 12.2. The third-order valence-corrected chi connectivity index (χ3v) is 3.59. The van der Waals surface area contributed by atoms with Crippen molar-refractivity contribution in [1.29, 1.82) is 0 Å². The molecule has 6 nitrogen and oxygen atoms in total. The molecule has 0 aliphatic carbocycles. The minimum Gasteiger partial charge on any atom is -0.473 e. The number of hydrogen-bond acceptors (Lipinski definition) is 5. The van der Waals surface area contributed by atoms with Crippen molar-refractivity contribution in [3.63, 3.8) is 0 Å². The van der Waals surface area contributed by atoms with Gasteiger partial charge in [-0.1, -0.05) is 42.5 Å². The van der Waals surface area contributed by atoms with Gasteiger partial charge in [0.1, 0.15) is 6.10 Å². The van der Waals surface area contributed by atoms with Crippen molar-refractivity contribution in [3.05, 3.63) is 70.3 Å². The van der Waals surface area contributed by atoms with Gasteiger partial charge in [-0.2, -0.15) is 0 Å². The van der Waals surface area contributed by atoms with E-state index in [0.29, 0.717) is 5.56 Å². The SMILES string of the molecule is CC(Oc1ccccc1[N+](=O)[O-])(c1ccccc1)C(O)CN. The second-order valence-electron chi connectivity index (χ2n) is 5.05. The van der Waals surface area contributed by atoms with E-state index >= 15 is 0 Å². The van der Waals surface area contributed by atoms with E-state index in [2.05, 4.69) is 0 Å². The number of rotatable bonds is 6. The maximum absolute atomic E-state index is 11.1. The van der Waals surface area contributed by atoms with Crippen molar-refractivity contribution >= 4 is 5.69 Å². The van der Waals surface area contributed by atoms with E-state index < -0.39 is 16.6 Å². The highest BCUT2D eigenvalue weighted by Crippen LogP contribution is 2.35.